The van der Waals surface area contributed by atoms with E-state index >= 15 is 0 Å². The molecule has 0 saturated heterocycles. The number of rotatable bonds is 14. The molecule has 1 aromatic carbocycles. The van der Waals surface area contributed by atoms with Crippen molar-refractivity contribution >= 4 is 13.2 Å². The lowest BCUT2D eigenvalue weighted by atomic mass is 9.86. The Morgan fingerprint density at radius 1 is 1.15 bits per heavy atom. The molecular weight excluding hydrogens is 449 g/mol. The Morgan fingerprint density at radius 3 is 2.52 bits per heavy atom. The predicted octanol–water partition coefficient (Wildman–Crippen LogP) is 5.01. The van der Waals surface area contributed by atoms with E-state index in [1.807, 2.05) is 12.2 Å². The number of hydrogen-bond donors (Lipinski definition) is 3. The van der Waals surface area contributed by atoms with Crippen molar-refractivity contribution in [1.82, 2.24) is 0 Å². The Bertz CT molecular complexity index is 824. The summed E-state index contributed by atoms with van der Waals surface area (Å²) in [6.45, 7) is 1.70. The van der Waals surface area contributed by atoms with Crippen LogP contribution in [0.4, 0.5) is 8.78 Å². The summed E-state index contributed by atoms with van der Waals surface area (Å²) in [6, 6.07) is 3.42. The summed E-state index contributed by atoms with van der Waals surface area (Å²) in [4.78, 5) is 21.9. The first kappa shape index (κ1) is 27.8. The van der Waals surface area contributed by atoms with Crippen LogP contribution in [0.15, 0.2) is 30.4 Å². The van der Waals surface area contributed by atoms with Gasteiger partial charge in [0.1, 0.15) is 17.4 Å². The van der Waals surface area contributed by atoms with Gasteiger partial charge in [0.2, 0.25) is 0 Å². The van der Waals surface area contributed by atoms with Gasteiger partial charge in [0.25, 0.3) is 0 Å². The number of benzene rings is 1. The van der Waals surface area contributed by atoms with E-state index in [1.54, 1.807) is 6.92 Å². The van der Waals surface area contributed by atoms with Gasteiger partial charge in [0.15, 0.2) is 7.37 Å². The van der Waals surface area contributed by atoms with Crippen molar-refractivity contribution < 1.29 is 33.2 Å². The third-order valence-electron chi connectivity index (χ3n) is 6.52. The molecule has 1 aliphatic rings. The maximum atomic E-state index is 13.3. The average Bonchev–Trinajstić information content (AvgIpc) is 3.00. The second kappa shape index (κ2) is 13.5. The number of allylic oxidation sites excluding steroid dienone is 2. The van der Waals surface area contributed by atoms with Crippen molar-refractivity contribution in [3.8, 4) is 0 Å². The minimum absolute atomic E-state index is 0.0330. The Kier molecular flexibility index (Phi) is 11.4. The summed E-state index contributed by atoms with van der Waals surface area (Å²) >= 11 is 0. The number of aliphatic hydroxyl groups excluding tert-OH is 2. The highest BCUT2D eigenvalue weighted by Gasteiger charge is 2.40. The molecule has 1 fully saturated rings. The summed E-state index contributed by atoms with van der Waals surface area (Å²) in [6.07, 6.45) is 7.57. The maximum Gasteiger partial charge on any atom is 0.200 e. The number of aryl methyl sites for hydroxylation is 1. The molecule has 1 aliphatic carbocycles. The van der Waals surface area contributed by atoms with Gasteiger partial charge in [0, 0.05) is 30.7 Å². The molecule has 0 aliphatic heterocycles. The van der Waals surface area contributed by atoms with Crippen LogP contribution in [-0.4, -0.2) is 45.4 Å². The van der Waals surface area contributed by atoms with Gasteiger partial charge in [-0.3, -0.25) is 9.36 Å². The van der Waals surface area contributed by atoms with Gasteiger partial charge in [0.05, 0.1) is 12.2 Å². The molecule has 5 atom stereocenters. The van der Waals surface area contributed by atoms with Gasteiger partial charge in [-0.05, 0) is 75.0 Å². The van der Waals surface area contributed by atoms with Crippen molar-refractivity contribution in [2.75, 3.05) is 12.3 Å². The molecule has 8 heteroatoms. The fraction of sp³-hybridized carbons (Fsp3) is 0.640. The zero-order valence-electron chi connectivity index (χ0n) is 19.3. The Morgan fingerprint density at radius 2 is 1.85 bits per heavy atom. The van der Waals surface area contributed by atoms with E-state index in [1.165, 1.54) is 12.1 Å². The van der Waals surface area contributed by atoms with Gasteiger partial charge in [-0.2, -0.15) is 0 Å². The molecule has 1 unspecified atom stereocenters. The summed E-state index contributed by atoms with van der Waals surface area (Å²) in [7, 11) is -3.00. The van der Waals surface area contributed by atoms with E-state index < -0.39 is 31.2 Å². The minimum atomic E-state index is -3.00. The van der Waals surface area contributed by atoms with Crippen LogP contribution in [0.1, 0.15) is 63.9 Å². The molecular formula is C25H37F2O5P. The largest absolute Gasteiger partial charge is 0.393 e. The second-order valence-corrected chi connectivity index (χ2v) is 11.9. The summed E-state index contributed by atoms with van der Waals surface area (Å²) in [5.41, 5.74) is 0.555. The Balaban J connectivity index is 1.73. The smallest absolute Gasteiger partial charge is 0.200 e. The minimum Gasteiger partial charge on any atom is -0.393 e. The monoisotopic (exact) mass is 486 g/mol. The molecule has 0 radical (unpaired) electrons. The summed E-state index contributed by atoms with van der Waals surface area (Å²) in [5.74, 6) is -1.67. The van der Waals surface area contributed by atoms with Gasteiger partial charge in [-0.25, -0.2) is 8.78 Å². The molecule has 186 valence electrons. The third kappa shape index (κ3) is 9.78. The molecule has 33 heavy (non-hydrogen) atoms. The highest BCUT2D eigenvalue weighted by Crippen LogP contribution is 2.40. The molecule has 2 rings (SSSR count). The van der Waals surface area contributed by atoms with Crippen molar-refractivity contribution in [3.63, 3.8) is 0 Å². The van der Waals surface area contributed by atoms with Crippen molar-refractivity contribution in [3.05, 3.63) is 47.5 Å². The van der Waals surface area contributed by atoms with Crippen molar-refractivity contribution in [2.24, 2.45) is 11.8 Å². The van der Waals surface area contributed by atoms with Crippen LogP contribution in [0.2, 0.25) is 0 Å². The topological polar surface area (TPSA) is 94.8 Å². The zero-order chi connectivity index (χ0) is 24.4. The molecule has 0 heterocycles. The van der Waals surface area contributed by atoms with Crippen LogP contribution in [0.3, 0.4) is 0 Å². The number of carbonyl (C=O) groups excluding carboxylic acids is 1. The second-order valence-electron chi connectivity index (χ2n) is 9.14. The molecule has 3 N–H and O–H groups in total. The number of halogens is 2. The van der Waals surface area contributed by atoms with E-state index in [0.717, 1.165) is 6.07 Å². The van der Waals surface area contributed by atoms with Crippen LogP contribution in [0.25, 0.3) is 0 Å². The molecule has 0 amide bonds. The Labute approximate surface area is 195 Å². The highest BCUT2D eigenvalue weighted by molar-refractivity contribution is 7.57. The average molecular weight is 487 g/mol. The first-order chi connectivity index (χ1) is 15.6. The Hall–Kier alpha value is -1.40. The lowest BCUT2D eigenvalue weighted by Crippen LogP contribution is -2.22. The highest BCUT2D eigenvalue weighted by atomic mass is 31.2. The van der Waals surface area contributed by atoms with Crippen molar-refractivity contribution in [2.45, 2.75) is 76.9 Å². The molecule has 0 bridgehead atoms. The third-order valence-corrected chi connectivity index (χ3v) is 8.53. The number of carbonyl (C=O) groups is 1. The van der Waals surface area contributed by atoms with Gasteiger partial charge in [-0.1, -0.05) is 19.1 Å². The van der Waals surface area contributed by atoms with Crippen LogP contribution in [-0.2, 0) is 15.8 Å². The van der Waals surface area contributed by atoms with Crippen LogP contribution >= 0.6 is 7.37 Å². The van der Waals surface area contributed by atoms with Crippen molar-refractivity contribution in [1.29, 1.82) is 0 Å². The SMILES string of the molecule is CCP(=O)(O)CCCC=CC[C@H]1C(=O)C[C@@H](O)[C@@H]1CC[C@@H](O)CCCc1cc(F)cc(F)c1. The number of hydrogen-bond acceptors (Lipinski definition) is 4. The molecule has 1 saturated carbocycles. The molecule has 1 aromatic rings. The lowest BCUT2D eigenvalue weighted by Gasteiger charge is -2.21. The molecule has 0 spiro atoms. The van der Waals surface area contributed by atoms with Gasteiger partial charge >= 0.3 is 0 Å². The lowest BCUT2D eigenvalue weighted by molar-refractivity contribution is -0.121. The summed E-state index contributed by atoms with van der Waals surface area (Å²) in [5, 5.41) is 20.6. The standard InChI is InChI=1S/C25H37F2O5P/c1-2-33(31,32)13-6-4-3-5-10-22-23(25(30)17-24(22)29)12-11-21(28)9-7-8-18-14-19(26)16-20(27)15-18/h3,5,14-16,21-23,25,28,30H,2,4,6-13,17H2,1H3,(H,31,32)/t21-,22+,23+,25+/m0/s1. The quantitative estimate of drug-likeness (QED) is 0.195. The maximum absolute atomic E-state index is 13.3. The van der Waals surface area contributed by atoms with E-state index in [-0.39, 0.29) is 30.2 Å². The van der Waals surface area contributed by atoms with Gasteiger partial charge in [-0.15, -0.1) is 0 Å². The van der Waals surface area contributed by atoms with E-state index in [9.17, 15) is 33.2 Å². The number of ketones is 1. The fourth-order valence-electron chi connectivity index (χ4n) is 4.52. The number of unbranched alkanes of at least 4 members (excludes halogenated alkanes) is 1. The van der Waals surface area contributed by atoms with Crippen LogP contribution in [0, 0.1) is 23.5 Å². The fourth-order valence-corrected chi connectivity index (χ4v) is 5.51. The van der Waals surface area contributed by atoms with E-state index in [0.29, 0.717) is 63.1 Å². The predicted molar refractivity (Wildman–Crippen MR) is 125 cm³/mol. The number of aliphatic hydroxyl groups is 2. The van der Waals surface area contributed by atoms with E-state index in [4.69, 9.17) is 0 Å². The van der Waals surface area contributed by atoms with Crippen LogP contribution < -0.4 is 0 Å². The van der Waals surface area contributed by atoms with Crippen LogP contribution in [0.5, 0.6) is 0 Å². The molecule has 0 aromatic heterocycles. The van der Waals surface area contributed by atoms with Gasteiger partial charge < -0.3 is 15.1 Å². The summed E-state index contributed by atoms with van der Waals surface area (Å²) < 4.78 is 38.2. The number of Topliss-reactive ketones (excluding diaryl/α,β-unsaturated/α-hetero) is 1. The van der Waals surface area contributed by atoms with E-state index in [2.05, 4.69) is 0 Å². The molecule has 5 nitrogen and oxygen atoms in total. The normalized spacial score (nSPS) is 23.8. The first-order valence-electron chi connectivity index (χ1n) is 11.9. The first-order valence-corrected chi connectivity index (χ1v) is 13.9. The zero-order valence-corrected chi connectivity index (χ0v) is 20.2.